The zero-order valence-electron chi connectivity index (χ0n) is 8.50. The van der Waals surface area contributed by atoms with E-state index in [1.807, 2.05) is 43.2 Å². The van der Waals surface area contributed by atoms with Gasteiger partial charge in [-0.15, -0.1) is 6.42 Å². The number of allylic oxidation sites excluding steroid dienone is 1. The number of benzene rings is 1. The van der Waals surface area contributed by atoms with Crippen LogP contribution in [-0.4, -0.2) is 0 Å². The standard InChI is InChI=1S/C13H12F2/c1-3-11(13(14)15)9-10(2)12-7-5-4-6-8-12/h1,4-8,10H,9H2,2H3. The van der Waals surface area contributed by atoms with Crippen molar-refractivity contribution in [3.63, 3.8) is 0 Å². The second-order valence-corrected chi connectivity index (χ2v) is 3.40. The predicted octanol–water partition coefficient (Wildman–Crippen LogP) is 3.96. The first-order chi connectivity index (χ1) is 7.15. The van der Waals surface area contributed by atoms with E-state index in [1.54, 1.807) is 0 Å². The van der Waals surface area contributed by atoms with Crippen molar-refractivity contribution < 1.29 is 8.78 Å². The molecule has 0 heterocycles. The summed E-state index contributed by atoms with van der Waals surface area (Å²) in [7, 11) is 0. The van der Waals surface area contributed by atoms with E-state index < -0.39 is 6.08 Å². The summed E-state index contributed by atoms with van der Waals surface area (Å²) in [4.78, 5) is 0. The Bertz CT molecular complexity index is 381. The highest BCUT2D eigenvalue weighted by atomic mass is 19.3. The van der Waals surface area contributed by atoms with Crippen LogP contribution in [0.3, 0.4) is 0 Å². The second-order valence-electron chi connectivity index (χ2n) is 3.40. The molecule has 0 aliphatic heterocycles. The highest BCUT2D eigenvalue weighted by Crippen LogP contribution is 2.24. The Hall–Kier alpha value is -1.62. The van der Waals surface area contributed by atoms with E-state index in [2.05, 4.69) is 0 Å². The fourth-order valence-electron chi connectivity index (χ4n) is 1.40. The van der Waals surface area contributed by atoms with Crippen LogP contribution in [0, 0.1) is 12.3 Å². The summed E-state index contributed by atoms with van der Waals surface area (Å²) in [6.07, 6.45) is 3.47. The molecule has 1 aromatic rings. The fraction of sp³-hybridized carbons (Fsp3) is 0.231. The molecular formula is C13H12F2. The van der Waals surface area contributed by atoms with Crippen molar-refractivity contribution >= 4 is 0 Å². The molecule has 0 amide bonds. The van der Waals surface area contributed by atoms with E-state index in [-0.39, 0.29) is 17.9 Å². The molecule has 0 nitrogen and oxygen atoms in total. The number of terminal acetylenes is 1. The molecule has 0 saturated heterocycles. The summed E-state index contributed by atoms with van der Waals surface area (Å²) in [6, 6.07) is 9.49. The SMILES string of the molecule is C#CC(CC(C)c1ccccc1)=C(F)F. The lowest BCUT2D eigenvalue weighted by Crippen LogP contribution is -1.95. The topological polar surface area (TPSA) is 0 Å². The summed E-state index contributed by atoms with van der Waals surface area (Å²) in [5, 5.41) is 0. The van der Waals surface area contributed by atoms with Crippen molar-refractivity contribution in [2.75, 3.05) is 0 Å². The molecule has 15 heavy (non-hydrogen) atoms. The van der Waals surface area contributed by atoms with Gasteiger partial charge in [-0.25, -0.2) is 0 Å². The van der Waals surface area contributed by atoms with Crippen LogP contribution in [0.25, 0.3) is 0 Å². The van der Waals surface area contributed by atoms with Crippen LogP contribution in [0.1, 0.15) is 24.8 Å². The molecule has 78 valence electrons. The Kier molecular flexibility index (Phi) is 4.05. The average Bonchev–Trinajstić information content (AvgIpc) is 2.26. The minimum absolute atomic E-state index is 0.0127. The quantitative estimate of drug-likeness (QED) is 0.656. The molecule has 0 aliphatic carbocycles. The molecule has 1 atom stereocenters. The van der Waals surface area contributed by atoms with E-state index >= 15 is 0 Å². The lowest BCUT2D eigenvalue weighted by molar-refractivity contribution is 0.410. The Morgan fingerprint density at radius 2 is 1.93 bits per heavy atom. The first-order valence-corrected chi connectivity index (χ1v) is 4.71. The van der Waals surface area contributed by atoms with Crippen molar-refractivity contribution in [2.24, 2.45) is 0 Å². The van der Waals surface area contributed by atoms with Gasteiger partial charge in [-0.05, 0) is 17.9 Å². The van der Waals surface area contributed by atoms with Crippen LogP contribution in [0.2, 0.25) is 0 Å². The summed E-state index contributed by atoms with van der Waals surface area (Å²) < 4.78 is 24.6. The molecule has 1 unspecified atom stereocenters. The van der Waals surface area contributed by atoms with Gasteiger partial charge in [0, 0.05) is 0 Å². The minimum Gasteiger partial charge on any atom is -0.172 e. The third kappa shape index (κ3) is 3.21. The van der Waals surface area contributed by atoms with E-state index in [0.29, 0.717) is 0 Å². The van der Waals surface area contributed by atoms with Crippen LogP contribution in [0.4, 0.5) is 8.78 Å². The molecule has 0 spiro atoms. The van der Waals surface area contributed by atoms with Crippen molar-refractivity contribution in [2.45, 2.75) is 19.3 Å². The number of hydrogen-bond donors (Lipinski definition) is 0. The molecule has 0 radical (unpaired) electrons. The Morgan fingerprint density at radius 3 is 2.40 bits per heavy atom. The highest BCUT2D eigenvalue weighted by Gasteiger charge is 2.10. The maximum Gasteiger partial charge on any atom is 0.281 e. The zero-order valence-corrected chi connectivity index (χ0v) is 8.50. The Balaban J connectivity index is 2.77. The van der Waals surface area contributed by atoms with Gasteiger partial charge < -0.3 is 0 Å². The van der Waals surface area contributed by atoms with E-state index in [4.69, 9.17) is 6.42 Å². The molecule has 2 heteroatoms. The van der Waals surface area contributed by atoms with Crippen molar-refractivity contribution in [1.29, 1.82) is 0 Å². The van der Waals surface area contributed by atoms with Gasteiger partial charge in [0.2, 0.25) is 0 Å². The van der Waals surface area contributed by atoms with Crippen LogP contribution >= 0.6 is 0 Å². The maximum absolute atomic E-state index is 12.3. The van der Waals surface area contributed by atoms with Crippen LogP contribution in [-0.2, 0) is 0 Å². The molecule has 0 N–H and O–H groups in total. The summed E-state index contributed by atoms with van der Waals surface area (Å²) >= 11 is 0. The fourth-order valence-corrected chi connectivity index (χ4v) is 1.40. The molecule has 1 rings (SSSR count). The van der Waals surface area contributed by atoms with Gasteiger partial charge in [-0.2, -0.15) is 8.78 Å². The largest absolute Gasteiger partial charge is 0.281 e. The molecule has 0 aromatic heterocycles. The van der Waals surface area contributed by atoms with E-state index in [0.717, 1.165) is 5.56 Å². The summed E-state index contributed by atoms with van der Waals surface area (Å²) in [5.74, 6) is 2.04. The van der Waals surface area contributed by atoms with Crippen molar-refractivity contribution in [1.82, 2.24) is 0 Å². The normalized spacial score (nSPS) is 11.6. The Labute approximate surface area is 88.6 Å². The van der Waals surface area contributed by atoms with Gasteiger partial charge in [0.15, 0.2) is 0 Å². The third-order valence-electron chi connectivity index (χ3n) is 2.28. The molecule has 0 bridgehead atoms. The van der Waals surface area contributed by atoms with Crippen LogP contribution < -0.4 is 0 Å². The number of rotatable bonds is 3. The van der Waals surface area contributed by atoms with Gasteiger partial charge in [0.25, 0.3) is 6.08 Å². The predicted molar refractivity (Wildman–Crippen MR) is 57.5 cm³/mol. The van der Waals surface area contributed by atoms with Gasteiger partial charge in [-0.3, -0.25) is 0 Å². The minimum atomic E-state index is -1.75. The van der Waals surface area contributed by atoms with Gasteiger partial charge in [-0.1, -0.05) is 43.2 Å². The number of hydrogen-bond acceptors (Lipinski definition) is 0. The maximum atomic E-state index is 12.3. The number of halogens is 2. The van der Waals surface area contributed by atoms with Gasteiger partial charge >= 0.3 is 0 Å². The van der Waals surface area contributed by atoms with E-state index in [1.165, 1.54) is 0 Å². The van der Waals surface area contributed by atoms with Crippen molar-refractivity contribution in [3.05, 3.63) is 47.5 Å². The Morgan fingerprint density at radius 1 is 1.33 bits per heavy atom. The second kappa shape index (κ2) is 5.31. The van der Waals surface area contributed by atoms with E-state index in [9.17, 15) is 8.78 Å². The van der Waals surface area contributed by atoms with Crippen LogP contribution in [0.15, 0.2) is 42.0 Å². The van der Waals surface area contributed by atoms with Gasteiger partial charge in [0.05, 0.1) is 5.57 Å². The van der Waals surface area contributed by atoms with Crippen LogP contribution in [0.5, 0.6) is 0 Å². The lowest BCUT2D eigenvalue weighted by atomic mass is 9.94. The highest BCUT2D eigenvalue weighted by molar-refractivity contribution is 5.29. The first kappa shape index (κ1) is 11.5. The molecule has 0 saturated carbocycles. The molecule has 0 fully saturated rings. The first-order valence-electron chi connectivity index (χ1n) is 4.71. The third-order valence-corrected chi connectivity index (χ3v) is 2.28. The zero-order chi connectivity index (χ0) is 11.3. The van der Waals surface area contributed by atoms with Crippen molar-refractivity contribution in [3.8, 4) is 12.3 Å². The molecular weight excluding hydrogens is 194 g/mol. The summed E-state index contributed by atoms with van der Waals surface area (Å²) in [6.45, 7) is 1.88. The molecule has 0 aliphatic rings. The molecule has 1 aromatic carbocycles. The average molecular weight is 206 g/mol. The monoisotopic (exact) mass is 206 g/mol. The van der Waals surface area contributed by atoms with Gasteiger partial charge in [0.1, 0.15) is 0 Å². The summed E-state index contributed by atoms with van der Waals surface area (Å²) in [5.41, 5.74) is 0.817. The lowest BCUT2D eigenvalue weighted by Gasteiger charge is -2.10. The smallest absolute Gasteiger partial charge is 0.172 e.